The fraction of sp³-hybridized carbons (Fsp3) is 0.182. The zero-order chi connectivity index (χ0) is 22.5. The van der Waals surface area contributed by atoms with Gasteiger partial charge in [0.05, 0.1) is 10.5 Å². The molecule has 0 saturated carbocycles. The van der Waals surface area contributed by atoms with Crippen LogP contribution in [0.2, 0.25) is 0 Å². The third kappa shape index (κ3) is 5.15. The smallest absolute Gasteiger partial charge is 0.202 e. The van der Waals surface area contributed by atoms with Gasteiger partial charge in [-0.1, -0.05) is 39.5 Å². The molecule has 164 valence electrons. The molecule has 7 nitrogen and oxygen atoms in total. The van der Waals surface area contributed by atoms with Crippen LogP contribution in [0.25, 0.3) is 6.08 Å². The Morgan fingerprint density at radius 3 is 2.66 bits per heavy atom. The fourth-order valence-corrected chi connectivity index (χ4v) is 4.59. The minimum atomic E-state index is -0.0433. The number of ether oxygens (including phenoxy) is 3. The van der Waals surface area contributed by atoms with Crippen LogP contribution < -0.4 is 9.47 Å². The first-order valence-electron chi connectivity index (χ1n) is 9.41. The van der Waals surface area contributed by atoms with Crippen molar-refractivity contribution in [3.8, 4) is 11.5 Å². The molecule has 0 spiro atoms. The predicted octanol–water partition coefficient (Wildman–Crippen LogP) is 5.25. The van der Waals surface area contributed by atoms with Gasteiger partial charge in [-0.05, 0) is 42.2 Å². The normalized spacial score (nSPS) is 14.0. The first-order valence-corrected chi connectivity index (χ1v) is 12.2. The number of allylic oxidation sites excluding steroid dienone is 1. The quantitative estimate of drug-likeness (QED) is 0.167. The lowest BCUT2D eigenvalue weighted by molar-refractivity contribution is 0.0483. The number of fused-ring (bicyclic) bond motifs is 1. The van der Waals surface area contributed by atoms with Crippen molar-refractivity contribution >= 4 is 51.3 Å². The average molecular weight is 532 g/mol. The number of carbonyl (C=O) groups excluding carboxylic acids is 1. The van der Waals surface area contributed by atoms with E-state index in [1.807, 2.05) is 18.4 Å². The summed E-state index contributed by atoms with van der Waals surface area (Å²) in [5.74, 6) is 0.980. The molecule has 3 heterocycles. The van der Waals surface area contributed by atoms with E-state index < -0.39 is 0 Å². The Hall–Kier alpha value is -2.40. The summed E-state index contributed by atoms with van der Waals surface area (Å²) in [6.07, 6.45) is 8.89. The molecule has 0 atom stereocenters. The summed E-state index contributed by atoms with van der Waals surface area (Å²) in [5.41, 5.74) is 2.22. The maximum absolute atomic E-state index is 12.7. The Balaban J connectivity index is 1.61. The minimum Gasteiger partial charge on any atom is -0.485 e. The molecule has 2 aromatic heterocycles. The summed E-state index contributed by atoms with van der Waals surface area (Å²) < 4.78 is 17.5. The lowest BCUT2D eigenvalue weighted by atomic mass is 10.1. The first-order chi connectivity index (χ1) is 15.6. The molecule has 0 amide bonds. The van der Waals surface area contributed by atoms with Crippen LogP contribution in [0.15, 0.2) is 62.4 Å². The summed E-state index contributed by atoms with van der Waals surface area (Å²) in [7, 11) is 1.55. The van der Waals surface area contributed by atoms with Crippen LogP contribution in [-0.4, -0.2) is 40.9 Å². The lowest BCUT2D eigenvalue weighted by Gasteiger charge is -2.14. The lowest BCUT2D eigenvalue weighted by Crippen LogP contribution is -2.04. The molecule has 0 radical (unpaired) electrons. The van der Waals surface area contributed by atoms with Crippen molar-refractivity contribution < 1.29 is 19.0 Å². The van der Waals surface area contributed by atoms with E-state index in [1.54, 1.807) is 43.9 Å². The molecule has 3 aromatic rings. The number of pyridine rings is 1. The second-order valence-electron chi connectivity index (χ2n) is 6.53. The van der Waals surface area contributed by atoms with Crippen LogP contribution in [0.3, 0.4) is 0 Å². The van der Waals surface area contributed by atoms with E-state index in [1.165, 1.54) is 23.5 Å². The molecule has 0 fully saturated rings. The summed E-state index contributed by atoms with van der Waals surface area (Å²) >= 11 is 6.40. The molecule has 1 aromatic carbocycles. The largest absolute Gasteiger partial charge is 0.485 e. The van der Waals surface area contributed by atoms with E-state index in [4.69, 9.17) is 14.2 Å². The third-order valence-corrected chi connectivity index (χ3v) is 6.69. The van der Waals surface area contributed by atoms with Crippen molar-refractivity contribution in [1.82, 2.24) is 15.0 Å². The van der Waals surface area contributed by atoms with E-state index in [-0.39, 0.29) is 19.2 Å². The fourth-order valence-electron chi connectivity index (χ4n) is 2.86. The number of benzene rings is 1. The maximum atomic E-state index is 12.7. The van der Waals surface area contributed by atoms with Crippen LogP contribution >= 0.6 is 39.5 Å². The molecule has 0 N–H and O–H groups in total. The number of methoxy groups -OCH3 is 1. The molecular formula is C22H18BrN3O4S2. The summed E-state index contributed by atoms with van der Waals surface area (Å²) in [6.45, 7) is 0.336. The zero-order valence-electron chi connectivity index (χ0n) is 17.2. The summed E-state index contributed by atoms with van der Waals surface area (Å²) in [6, 6.07) is 7.17. The number of hydrogen-bond donors (Lipinski definition) is 0. The van der Waals surface area contributed by atoms with Crippen molar-refractivity contribution in [1.29, 1.82) is 0 Å². The van der Waals surface area contributed by atoms with Gasteiger partial charge in [-0.3, -0.25) is 4.79 Å². The zero-order valence-corrected chi connectivity index (χ0v) is 20.4. The van der Waals surface area contributed by atoms with Crippen LogP contribution in [0.1, 0.15) is 21.5 Å². The Kier molecular flexibility index (Phi) is 7.46. The van der Waals surface area contributed by atoms with E-state index in [2.05, 4.69) is 30.9 Å². The number of ketones is 1. The van der Waals surface area contributed by atoms with Gasteiger partial charge in [0.1, 0.15) is 11.6 Å². The van der Waals surface area contributed by atoms with Gasteiger partial charge in [0, 0.05) is 35.7 Å². The average Bonchev–Trinajstić information content (AvgIpc) is 3.13. The molecule has 0 aliphatic carbocycles. The van der Waals surface area contributed by atoms with Crippen LogP contribution in [0.5, 0.6) is 11.5 Å². The van der Waals surface area contributed by atoms with Crippen molar-refractivity contribution in [2.75, 3.05) is 20.2 Å². The standard InChI is InChI=1S/C22H18BrN3O4S2/c1-28-12-30-18-8-16(23)14(7-19-20(27)15-4-3-5-24-21(15)32-19)6-17(18)29-11-13-9-25-22(31-2)26-10-13/h3-10H,11-12H2,1-2H3/b19-7-. The van der Waals surface area contributed by atoms with Gasteiger partial charge in [-0.25, -0.2) is 15.0 Å². The van der Waals surface area contributed by atoms with E-state index >= 15 is 0 Å². The molecular weight excluding hydrogens is 514 g/mol. The topological polar surface area (TPSA) is 83.4 Å². The molecule has 1 aliphatic heterocycles. The number of rotatable bonds is 8. The van der Waals surface area contributed by atoms with Crippen molar-refractivity contribution in [2.24, 2.45) is 0 Å². The monoisotopic (exact) mass is 531 g/mol. The highest BCUT2D eigenvalue weighted by molar-refractivity contribution is 9.10. The Morgan fingerprint density at radius 1 is 1.16 bits per heavy atom. The van der Waals surface area contributed by atoms with Gasteiger partial charge in [0.25, 0.3) is 0 Å². The molecule has 0 saturated heterocycles. The maximum Gasteiger partial charge on any atom is 0.202 e. The van der Waals surface area contributed by atoms with Gasteiger partial charge >= 0.3 is 0 Å². The van der Waals surface area contributed by atoms with Crippen molar-refractivity contribution in [3.05, 3.63) is 68.9 Å². The molecule has 32 heavy (non-hydrogen) atoms. The number of hydrogen-bond acceptors (Lipinski definition) is 9. The number of aromatic nitrogens is 3. The molecule has 0 unspecified atom stereocenters. The summed E-state index contributed by atoms with van der Waals surface area (Å²) in [4.78, 5) is 26.1. The highest BCUT2D eigenvalue weighted by Gasteiger charge is 2.27. The molecule has 1 aliphatic rings. The predicted molar refractivity (Wildman–Crippen MR) is 127 cm³/mol. The number of nitrogens with zero attached hydrogens (tertiary/aromatic N) is 3. The second kappa shape index (κ2) is 10.5. The number of halogens is 1. The molecule has 0 bridgehead atoms. The summed E-state index contributed by atoms with van der Waals surface area (Å²) in [5, 5.41) is 1.41. The Morgan fingerprint density at radius 2 is 1.94 bits per heavy atom. The highest BCUT2D eigenvalue weighted by Crippen LogP contribution is 2.41. The van der Waals surface area contributed by atoms with Crippen molar-refractivity contribution in [2.45, 2.75) is 16.8 Å². The van der Waals surface area contributed by atoms with Gasteiger partial charge in [0.15, 0.2) is 23.4 Å². The Bertz CT molecular complexity index is 1170. The molecule has 4 rings (SSSR count). The first kappa shape index (κ1) is 22.8. The van der Waals surface area contributed by atoms with Gasteiger partial charge in [-0.2, -0.15) is 0 Å². The van der Waals surface area contributed by atoms with Gasteiger partial charge in [0.2, 0.25) is 5.78 Å². The van der Waals surface area contributed by atoms with E-state index in [0.29, 0.717) is 32.2 Å². The number of carbonyl (C=O) groups is 1. The number of Topliss-reactive ketones (excluding diaryl/α,β-unsaturated/α-hetero) is 1. The van der Waals surface area contributed by atoms with Gasteiger partial charge < -0.3 is 14.2 Å². The van der Waals surface area contributed by atoms with Crippen LogP contribution in [0, 0.1) is 0 Å². The highest BCUT2D eigenvalue weighted by atomic mass is 79.9. The van der Waals surface area contributed by atoms with Crippen LogP contribution in [-0.2, 0) is 11.3 Å². The number of thioether (sulfide) groups is 2. The van der Waals surface area contributed by atoms with Crippen molar-refractivity contribution in [3.63, 3.8) is 0 Å². The van der Waals surface area contributed by atoms with Crippen LogP contribution in [0.4, 0.5) is 0 Å². The Labute approximate surface area is 202 Å². The van der Waals surface area contributed by atoms with E-state index in [0.717, 1.165) is 15.6 Å². The third-order valence-electron chi connectivity index (χ3n) is 4.39. The second-order valence-corrected chi connectivity index (χ2v) is 9.19. The van der Waals surface area contributed by atoms with E-state index in [9.17, 15) is 4.79 Å². The SMILES string of the molecule is COCOc1cc(Br)c(/C=C2\Sc3ncccc3C2=O)cc1OCc1cnc(SC)nc1. The van der Waals surface area contributed by atoms with Gasteiger partial charge in [-0.15, -0.1) is 0 Å². The minimum absolute atomic E-state index is 0.0433. The molecule has 10 heteroatoms.